The van der Waals surface area contributed by atoms with Gasteiger partial charge in [0.15, 0.2) is 11.5 Å². The van der Waals surface area contributed by atoms with Crippen LogP contribution >= 0.6 is 0 Å². The maximum absolute atomic E-state index is 8.73. The van der Waals surface area contributed by atoms with E-state index < -0.39 is 0 Å². The summed E-state index contributed by atoms with van der Waals surface area (Å²) in [5, 5.41) is 9.74. The van der Waals surface area contributed by atoms with Crippen LogP contribution in [0.25, 0.3) is 10.9 Å². The summed E-state index contributed by atoms with van der Waals surface area (Å²) in [6, 6.07) is 7.78. The predicted octanol–water partition coefficient (Wildman–Crippen LogP) is 2.63. The lowest BCUT2D eigenvalue weighted by Crippen LogP contribution is -1.95. The van der Waals surface area contributed by atoms with Crippen LogP contribution in [-0.2, 0) is 6.42 Å². The summed E-state index contributed by atoms with van der Waals surface area (Å²) in [7, 11) is 3.20. The number of rotatable bonds is 3. The molecule has 0 aliphatic heterocycles. The number of methoxy groups -OCH3 is 2. The monoisotopic (exact) mass is 242 g/mol. The molecule has 4 nitrogen and oxygen atoms in total. The van der Waals surface area contributed by atoms with Crippen molar-refractivity contribution >= 4 is 10.9 Å². The van der Waals surface area contributed by atoms with Crippen molar-refractivity contribution in [2.45, 2.75) is 13.3 Å². The number of hydrogen-bond acceptors (Lipinski definition) is 4. The molecule has 0 N–H and O–H groups in total. The first-order valence-electron chi connectivity index (χ1n) is 5.58. The van der Waals surface area contributed by atoms with Crippen LogP contribution in [0.2, 0.25) is 0 Å². The molecule has 92 valence electrons. The highest BCUT2D eigenvalue weighted by Gasteiger charge is 2.09. The van der Waals surface area contributed by atoms with Crippen molar-refractivity contribution in [1.29, 1.82) is 5.26 Å². The van der Waals surface area contributed by atoms with E-state index in [1.807, 2.05) is 25.1 Å². The molecule has 0 aliphatic rings. The van der Waals surface area contributed by atoms with E-state index in [0.29, 0.717) is 17.9 Å². The predicted molar refractivity (Wildman–Crippen MR) is 68.9 cm³/mol. The SMILES string of the molecule is COc1cc2nc(CC#N)cc(C)c2cc1OC. The molecule has 4 heteroatoms. The van der Waals surface area contributed by atoms with Gasteiger partial charge in [-0.15, -0.1) is 0 Å². The molecule has 0 spiro atoms. The minimum Gasteiger partial charge on any atom is -0.493 e. The van der Waals surface area contributed by atoms with Crippen molar-refractivity contribution in [3.05, 3.63) is 29.5 Å². The number of aryl methyl sites for hydroxylation is 1. The van der Waals surface area contributed by atoms with E-state index in [2.05, 4.69) is 11.1 Å². The Morgan fingerprint density at radius 2 is 1.83 bits per heavy atom. The zero-order valence-electron chi connectivity index (χ0n) is 10.7. The van der Waals surface area contributed by atoms with E-state index in [0.717, 1.165) is 22.2 Å². The minimum absolute atomic E-state index is 0.311. The molecule has 1 aromatic heterocycles. The molecule has 18 heavy (non-hydrogen) atoms. The Balaban J connectivity index is 2.69. The van der Waals surface area contributed by atoms with Gasteiger partial charge in [-0.25, -0.2) is 0 Å². The highest BCUT2D eigenvalue weighted by atomic mass is 16.5. The van der Waals surface area contributed by atoms with Crippen LogP contribution in [0.4, 0.5) is 0 Å². The Morgan fingerprint density at radius 1 is 1.17 bits per heavy atom. The number of fused-ring (bicyclic) bond motifs is 1. The second-order valence-electron chi connectivity index (χ2n) is 3.99. The Bertz CT molecular complexity index is 630. The summed E-state index contributed by atoms with van der Waals surface area (Å²) in [6.45, 7) is 2.00. The van der Waals surface area contributed by atoms with Gasteiger partial charge in [0.2, 0.25) is 0 Å². The minimum atomic E-state index is 0.311. The molecule has 2 aromatic rings. The highest BCUT2D eigenvalue weighted by Crippen LogP contribution is 2.32. The standard InChI is InChI=1S/C14H14N2O2/c1-9-6-10(4-5-15)16-12-8-14(18-3)13(17-2)7-11(9)12/h6-8H,4H2,1-3H3. The summed E-state index contributed by atoms with van der Waals surface area (Å²) in [5.74, 6) is 1.33. The number of pyridine rings is 1. The summed E-state index contributed by atoms with van der Waals surface area (Å²) in [6.07, 6.45) is 0.311. The van der Waals surface area contributed by atoms with Crippen LogP contribution in [0, 0.1) is 18.3 Å². The van der Waals surface area contributed by atoms with Crippen LogP contribution in [0.5, 0.6) is 11.5 Å². The zero-order valence-corrected chi connectivity index (χ0v) is 10.7. The summed E-state index contributed by atoms with van der Waals surface area (Å²) < 4.78 is 10.5. The Hall–Kier alpha value is -2.28. The van der Waals surface area contributed by atoms with Gasteiger partial charge in [-0.2, -0.15) is 5.26 Å². The van der Waals surface area contributed by atoms with Gasteiger partial charge < -0.3 is 9.47 Å². The van der Waals surface area contributed by atoms with Gasteiger partial charge in [-0.1, -0.05) is 0 Å². The number of nitrogens with zero attached hydrogens (tertiary/aromatic N) is 2. The fourth-order valence-electron chi connectivity index (χ4n) is 1.96. The molecule has 0 unspecified atom stereocenters. The lowest BCUT2D eigenvalue weighted by molar-refractivity contribution is 0.356. The maximum Gasteiger partial charge on any atom is 0.162 e. The maximum atomic E-state index is 8.73. The van der Waals surface area contributed by atoms with Crippen LogP contribution in [0.3, 0.4) is 0 Å². The van der Waals surface area contributed by atoms with Crippen LogP contribution in [0.15, 0.2) is 18.2 Å². The second-order valence-corrected chi connectivity index (χ2v) is 3.99. The number of hydrogen-bond donors (Lipinski definition) is 0. The van der Waals surface area contributed by atoms with E-state index in [9.17, 15) is 0 Å². The Morgan fingerprint density at radius 3 is 2.44 bits per heavy atom. The van der Waals surface area contributed by atoms with E-state index in [4.69, 9.17) is 14.7 Å². The van der Waals surface area contributed by atoms with E-state index in [1.54, 1.807) is 14.2 Å². The van der Waals surface area contributed by atoms with Gasteiger partial charge in [-0.3, -0.25) is 4.98 Å². The largest absolute Gasteiger partial charge is 0.493 e. The molecule has 0 amide bonds. The second kappa shape index (κ2) is 4.92. The molecule has 0 saturated heterocycles. The number of benzene rings is 1. The van der Waals surface area contributed by atoms with Crippen molar-refractivity contribution in [2.24, 2.45) is 0 Å². The zero-order chi connectivity index (χ0) is 13.1. The van der Waals surface area contributed by atoms with E-state index in [1.165, 1.54) is 0 Å². The normalized spacial score (nSPS) is 10.1. The lowest BCUT2D eigenvalue weighted by atomic mass is 10.1. The average molecular weight is 242 g/mol. The summed E-state index contributed by atoms with van der Waals surface area (Å²) in [5.41, 5.74) is 2.67. The third kappa shape index (κ3) is 2.07. The van der Waals surface area contributed by atoms with Gasteiger partial charge in [-0.05, 0) is 24.6 Å². The fraction of sp³-hybridized carbons (Fsp3) is 0.286. The molecule has 2 rings (SSSR count). The molecular formula is C14H14N2O2. The first-order valence-corrected chi connectivity index (χ1v) is 5.58. The molecule has 1 aromatic carbocycles. The van der Waals surface area contributed by atoms with Crippen LogP contribution < -0.4 is 9.47 Å². The Labute approximate surface area is 106 Å². The lowest BCUT2D eigenvalue weighted by Gasteiger charge is -2.11. The van der Waals surface area contributed by atoms with Gasteiger partial charge in [0.1, 0.15) is 0 Å². The number of aromatic nitrogens is 1. The molecule has 1 heterocycles. The van der Waals surface area contributed by atoms with Crippen molar-refractivity contribution in [3.8, 4) is 17.6 Å². The van der Waals surface area contributed by atoms with Crippen molar-refractivity contribution < 1.29 is 9.47 Å². The van der Waals surface area contributed by atoms with E-state index >= 15 is 0 Å². The third-order valence-electron chi connectivity index (χ3n) is 2.83. The van der Waals surface area contributed by atoms with Gasteiger partial charge in [0.25, 0.3) is 0 Å². The van der Waals surface area contributed by atoms with E-state index in [-0.39, 0.29) is 0 Å². The first-order chi connectivity index (χ1) is 8.69. The average Bonchev–Trinajstić information content (AvgIpc) is 2.37. The van der Waals surface area contributed by atoms with Gasteiger partial charge >= 0.3 is 0 Å². The smallest absolute Gasteiger partial charge is 0.162 e. The molecule has 0 saturated carbocycles. The number of nitriles is 1. The van der Waals surface area contributed by atoms with Crippen LogP contribution in [0.1, 0.15) is 11.3 Å². The van der Waals surface area contributed by atoms with Crippen LogP contribution in [-0.4, -0.2) is 19.2 Å². The first kappa shape index (κ1) is 12.2. The van der Waals surface area contributed by atoms with Crippen molar-refractivity contribution in [3.63, 3.8) is 0 Å². The van der Waals surface area contributed by atoms with Gasteiger partial charge in [0.05, 0.1) is 37.9 Å². The molecule has 0 atom stereocenters. The molecule has 0 bridgehead atoms. The highest BCUT2D eigenvalue weighted by molar-refractivity contribution is 5.85. The quantitative estimate of drug-likeness (QED) is 0.830. The van der Waals surface area contributed by atoms with Gasteiger partial charge in [0, 0.05) is 11.5 Å². The molecule has 0 fully saturated rings. The summed E-state index contributed by atoms with van der Waals surface area (Å²) >= 11 is 0. The third-order valence-corrected chi connectivity index (χ3v) is 2.83. The Kier molecular flexibility index (Phi) is 3.33. The molecule has 0 aliphatic carbocycles. The van der Waals surface area contributed by atoms with Crippen molar-refractivity contribution in [2.75, 3.05) is 14.2 Å². The number of ether oxygens (including phenoxy) is 2. The molecule has 0 radical (unpaired) electrons. The summed E-state index contributed by atoms with van der Waals surface area (Å²) in [4.78, 5) is 4.45. The fourth-order valence-corrected chi connectivity index (χ4v) is 1.96. The topological polar surface area (TPSA) is 55.1 Å². The molecular weight excluding hydrogens is 228 g/mol. The van der Waals surface area contributed by atoms with Crippen molar-refractivity contribution in [1.82, 2.24) is 4.98 Å².